The summed E-state index contributed by atoms with van der Waals surface area (Å²) >= 11 is 0. The Hall–Kier alpha value is -1.52. The molecule has 1 aliphatic rings. The minimum Gasteiger partial charge on any atom is -0.469 e. The van der Waals surface area contributed by atoms with Crippen molar-refractivity contribution >= 4 is 16.2 Å². The van der Waals surface area contributed by atoms with Crippen LogP contribution in [-0.2, 0) is 32.8 Å². The van der Waals surface area contributed by atoms with Gasteiger partial charge in [-0.15, -0.1) is 10.2 Å². The topological polar surface area (TPSA) is 97.6 Å². The molecule has 0 saturated heterocycles. The molecular weight excluding hydrogens is 286 g/mol. The molecule has 0 unspecified atom stereocenters. The zero-order chi connectivity index (χ0) is 14.8. The number of carbonyl (C=O) groups excluding carboxylic acids is 1. The number of fused-ring (bicyclic) bond motifs is 1. The van der Waals surface area contributed by atoms with E-state index in [1.807, 2.05) is 4.57 Å². The third-order valence-corrected chi connectivity index (χ3v) is 5.12. The Bertz CT molecular complexity index is 584. The van der Waals surface area contributed by atoms with E-state index in [0.29, 0.717) is 18.9 Å². The second kappa shape index (κ2) is 5.85. The minimum absolute atomic E-state index is 0.0241. The van der Waals surface area contributed by atoms with Crippen molar-refractivity contribution in [3.8, 4) is 0 Å². The van der Waals surface area contributed by atoms with Gasteiger partial charge in [-0.3, -0.25) is 4.79 Å². The molecule has 10 heteroatoms. The zero-order valence-electron chi connectivity index (χ0n) is 11.4. The standard InChI is InChI=1S/C10H17N5O4S/c1-13(4-3-10(16)19-2)20(17,18)15-6-5-14-8-11-12-9(14)7-15/h8H,3-7H2,1-2H3. The molecule has 1 aromatic rings. The number of nitrogens with zero attached hydrogens (tertiary/aromatic N) is 5. The Labute approximate surface area is 117 Å². The summed E-state index contributed by atoms with van der Waals surface area (Å²) in [6.07, 6.45) is 1.61. The monoisotopic (exact) mass is 303 g/mol. The zero-order valence-corrected chi connectivity index (χ0v) is 12.2. The molecule has 112 valence electrons. The van der Waals surface area contributed by atoms with Crippen molar-refractivity contribution in [1.29, 1.82) is 0 Å². The minimum atomic E-state index is -3.61. The summed E-state index contributed by atoms with van der Waals surface area (Å²) in [4.78, 5) is 11.1. The molecule has 0 aliphatic carbocycles. The Kier molecular flexibility index (Phi) is 4.35. The van der Waals surface area contributed by atoms with Gasteiger partial charge in [-0.2, -0.15) is 17.0 Å². The van der Waals surface area contributed by atoms with Crippen molar-refractivity contribution in [2.75, 3.05) is 27.2 Å². The first-order valence-electron chi connectivity index (χ1n) is 6.10. The smallest absolute Gasteiger partial charge is 0.306 e. The second-order valence-electron chi connectivity index (χ2n) is 4.43. The van der Waals surface area contributed by atoms with E-state index in [-0.39, 0.29) is 19.5 Å². The van der Waals surface area contributed by atoms with Crippen LogP contribution in [0, 0.1) is 0 Å². The first kappa shape index (κ1) is 14.9. The molecule has 0 bridgehead atoms. The Balaban J connectivity index is 2.02. The number of rotatable bonds is 5. The van der Waals surface area contributed by atoms with E-state index in [0.717, 1.165) is 4.31 Å². The van der Waals surface area contributed by atoms with Crippen molar-refractivity contribution in [1.82, 2.24) is 23.4 Å². The maximum Gasteiger partial charge on any atom is 0.306 e. The molecule has 0 spiro atoms. The highest BCUT2D eigenvalue weighted by atomic mass is 32.2. The van der Waals surface area contributed by atoms with Crippen molar-refractivity contribution in [3.63, 3.8) is 0 Å². The molecule has 0 amide bonds. The Morgan fingerprint density at radius 2 is 2.25 bits per heavy atom. The highest BCUT2D eigenvalue weighted by Crippen LogP contribution is 2.15. The average molecular weight is 303 g/mol. The first-order valence-corrected chi connectivity index (χ1v) is 7.49. The maximum atomic E-state index is 12.4. The average Bonchev–Trinajstić information content (AvgIpc) is 2.91. The largest absolute Gasteiger partial charge is 0.469 e. The van der Waals surface area contributed by atoms with Gasteiger partial charge in [-0.05, 0) is 0 Å². The van der Waals surface area contributed by atoms with E-state index in [1.165, 1.54) is 18.5 Å². The van der Waals surface area contributed by atoms with Crippen LogP contribution in [0.3, 0.4) is 0 Å². The number of hydrogen-bond acceptors (Lipinski definition) is 6. The van der Waals surface area contributed by atoms with Gasteiger partial charge in [0.05, 0.1) is 20.1 Å². The van der Waals surface area contributed by atoms with Crippen molar-refractivity contribution in [2.45, 2.75) is 19.5 Å². The van der Waals surface area contributed by atoms with Crippen LogP contribution in [0.4, 0.5) is 0 Å². The number of carbonyl (C=O) groups is 1. The van der Waals surface area contributed by atoms with Gasteiger partial charge in [0.15, 0.2) is 0 Å². The summed E-state index contributed by atoms with van der Waals surface area (Å²) in [5, 5.41) is 7.63. The lowest BCUT2D eigenvalue weighted by Gasteiger charge is -2.30. The summed E-state index contributed by atoms with van der Waals surface area (Å²) in [5.74, 6) is 0.173. The molecule has 0 N–H and O–H groups in total. The van der Waals surface area contributed by atoms with Gasteiger partial charge in [-0.25, -0.2) is 0 Å². The van der Waals surface area contributed by atoms with E-state index in [2.05, 4.69) is 14.9 Å². The number of methoxy groups -OCH3 is 1. The predicted molar refractivity (Wildman–Crippen MR) is 68.6 cm³/mol. The summed E-state index contributed by atoms with van der Waals surface area (Å²) in [7, 11) is -0.895. The van der Waals surface area contributed by atoms with E-state index in [4.69, 9.17) is 0 Å². The van der Waals surface area contributed by atoms with Gasteiger partial charge in [-0.1, -0.05) is 0 Å². The van der Waals surface area contributed by atoms with Crippen LogP contribution in [0.25, 0.3) is 0 Å². The van der Waals surface area contributed by atoms with Gasteiger partial charge < -0.3 is 9.30 Å². The van der Waals surface area contributed by atoms with E-state index in [1.54, 1.807) is 6.33 Å². The van der Waals surface area contributed by atoms with Crippen molar-refractivity contribution < 1.29 is 17.9 Å². The predicted octanol–water partition coefficient (Wildman–Crippen LogP) is -1.17. The van der Waals surface area contributed by atoms with Gasteiger partial charge in [0.1, 0.15) is 12.2 Å². The van der Waals surface area contributed by atoms with Crippen LogP contribution < -0.4 is 0 Å². The third-order valence-electron chi connectivity index (χ3n) is 3.18. The van der Waals surface area contributed by atoms with E-state index >= 15 is 0 Å². The Morgan fingerprint density at radius 1 is 1.50 bits per heavy atom. The fourth-order valence-electron chi connectivity index (χ4n) is 1.90. The van der Waals surface area contributed by atoms with Crippen LogP contribution in [0.1, 0.15) is 12.2 Å². The summed E-state index contributed by atoms with van der Waals surface area (Å²) in [5.41, 5.74) is 0. The molecular formula is C10H17N5O4S. The number of esters is 1. The molecule has 0 aromatic carbocycles. The lowest BCUT2D eigenvalue weighted by molar-refractivity contribution is -0.140. The van der Waals surface area contributed by atoms with Gasteiger partial charge in [0.25, 0.3) is 10.2 Å². The van der Waals surface area contributed by atoms with Crippen LogP contribution in [0.5, 0.6) is 0 Å². The summed E-state index contributed by atoms with van der Waals surface area (Å²) in [6, 6.07) is 0. The van der Waals surface area contributed by atoms with Crippen molar-refractivity contribution in [2.24, 2.45) is 0 Å². The van der Waals surface area contributed by atoms with Gasteiger partial charge in [0.2, 0.25) is 0 Å². The molecule has 2 heterocycles. The molecule has 0 fully saturated rings. The fraction of sp³-hybridized carbons (Fsp3) is 0.700. The quantitative estimate of drug-likeness (QED) is 0.636. The van der Waals surface area contributed by atoms with Crippen LogP contribution in [-0.4, -0.2) is 65.0 Å². The van der Waals surface area contributed by atoms with Crippen LogP contribution in [0.15, 0.2) is 6.33 Å². The van der Waals surface area contributed by atoms with Gasteiger partial charge >= 0.3 is 5.97 Å². The molecule has 0 atom stereocenters. The molecule has 1 aliphatic heterocycles. The fourth-order valence-corrected chi connectivity index (χ4v) is 3.21. The highest BCUT2D eigenvalue weighted by molar-refractivity contribution is 7.86. The number of ether oxygens (including phenoxy) is 1. The maximum absolute atomic E-state index is 12.4. The molecule has 9 nitrogen and oxygen atoms in total. The van der Waals surface area contributed by atoms with Crippen LogP contribution >= 0.6 is 0 Å². The third kappa shape index (κ3) is 2.97. The summed E-state index contributed by atoms with van der Waals surface area (Å²) < 4.78 is 33.5. The van der Waals surface area contributed by atoms with E-state index in [9.17, 15) is 13.2 Å². The van der Waals surface area contributed by atoms with Crippen LogP contribution in [0.2, 0.25) is 0 Å². The number of aromatic nitrogens is 3. The highest BCUT2D eigenvalue weighted by Gasteiger charge is 2.31. The Morgan fingerprint density at radius 3 is 2.95 bits per heavy atom. The lowest BCUT2D eigenvalue weighted by atomic mass is 10.4. The molecule has 0 saturated carbocycles. The summed E-state index contributed by atoms with van der Waals surface area (Å²) in [6.45, 7) is 1.14. The lowest BCUT2D eigenvalue weighted by Crippen LogP contribution is -2.46. The number of hydrogen-bond donors (Lipinski definition) is 0. The normalized spacial score (nSPS) is 16.1. The second-order valence-corrected chi connectivity index (χ2v) is 6.46. The van der Waals surface area contributed by atoms with E-state index < -0.39 is 16.2 Å². The van der Waals surface area contributed by atoms with Gasteiger partial charge in [0, 0.05) is 26.7 Å². The van der Waals surface area contributed by atoms with Crippen molar-refractivity contribution in [3.05, 3.63) is 12.2 Å². The first-order chi connectivity index (χ1) is 9.45. The molecule has 20 heavy (non-hydrogen) atoms. The molecule has 2 rings (SSSR count). The SMILES string of the molecule is COC(=O)CCN(C)S(=O)(=O)N1CCn2cnnc2C1. The molecule has 0 radical (unpaired) electrons. The molecule has 1 aromatic heterocycles.